The molecule has 172 valence electrons. The van der Waals surface area contributed by atoms with Crippen LogP contribution in [0.2, 0.25) is 0 Å². The molecule has 0 bridgehead atoms. The zero-order chi connectivity index (χ0) is 24.7. The first-order valence-electron chi connectivity index (χ1n) is 9.52. The van der Waals surface area contributed by atoms with Gasteiger partial charge in [-0.3, -0.25) is 14.4 Å². The number of nitriles is 1. The quantitative estimate of drug-likeness (QED) is 0.257. The summed E-state index contributed by atoms with van der Waals surface area (Å²) in [5.74, 6) is -2.43. The lowest BCUT2D eigenvalue weighted by Crippen LogP contribution is -2.15. The highest BCUT2D eigenvalue weighted by Crippen LogP contribution is 2.34. The van der Waals surface area contributed by atoms with Crippen molar-refractivity contribution in [3.8, 4) is 17.6 Å². The van der Waals surface area contributed by atoms with Gasteiger partial charge in [-0.25, -0.2) is 4.79 Å². The summed E-state index contributed by atoms with van der Waals surface area (Å²) in [5.41, 5.74) is 5.71. The number of ether oxygens (including phenoxy) is 3. The Labute approximate surface area is 193 Å². The Morgan fingerprint density at radius 3 is 2.48 bits per heavy atom. The Morgan fingerprint density at radius 2 is 1.94 bits per heavy atom. The zero-order valence-electron chi connectivity index (χ0n) is 18.3. The van der Waals surface area contributed by atoms with E-state index in [0.29, 0.717) is 12.2 Å². The number of nitrogens with two attached hydrogens (primary N) is 1. The highest BCUT2D eigenvalue weighted by atomic mass is 32.1. The maximum atomic E-state index is 12.8. The maximum absolute atomic E-state index is 12.8. The van der Waals surface area contributed by atoms with Gasteiger partial charge in [0.1, 0.15) is 16.6 Å². The number of amides is 2. The largest absolute Gasteiger partial charge is 0.490 e. The van der Waals surface area contributed by atoms with Gasteiger partial charge in [0.25, 0.3) is 11.8 Å². The van der Waals surface area contributed by atoms with E-state index in [9.17, 15) is 24.4 Å². The number of esters is 2. The Kier molecular flexibility index (Phi) is 8.30. The third-order valence-corrected chi connectivity index (χ3v) is 5.41. The molecule has 1 aromatic carbocycles. The normalized spacial score (nSPS) is 10.7. The van der Waals surface area contributed by atoms with Crippen LogP contribution in [0.15, 0.2) is 23.8 Å². The fourth-order valence-corrected chi connectivity index (χ4v) is 3.83. The Morgan fingerprint density at radius 1 is 1.24 bits per heavy atom. The van der Waals surface area contributed by atoms with Crippen molar-refractivity contribution in [2.75, 3.05) is 19.0 Å². The minimum Gasteiger partial charge on any atom is -0.490 e. The lowest BCUT2D eigenvalue weighted by atomic mass is 10.1. The van der Waals surface area contributed by atoms with Crippen LogP contribution in [0.25, 0.3) is 6.08 Å². The predicted octanol–water partition coefficient (Wildman–Crippen LogP) is 2.81. The highest BCUT2D eigenvalue weighted by molar-refractivity contribution is 7.18. The first-order chi connectivity index (χ1) is 15.6. The van der Waals surface area contributed by atoms with Crippen molar-refractivity contribution >= 4 is 46.2 Å². The molecule has 1 heterocycles. The molecular formula is C22H21N3O7S. The minimum atomic E-state index is -0.818. The second kappa shape index (κ2) is 10.9. The fourth-order valence-electron chi connectivity index (χ4n) is 2.79. The van der Waals surface area contributed by atoms with Crippen LogP contribution in [0.3, 0.4) is 0 Å². The van der Waals surface area contributed by atoms with E-state index in [0.717, 1.165) is 18.4 Å². The molecule has 0 aliphatic rings. The van der Waals surface area contributed by atoms with Crippen LogP contribution in [-0.4, -0.2) is 37.5 Å². The molecule has 0 saturated carbocycles. The number of nitrogens with one attached hydrogen (secondary N) is 1. The average molecular weight is 471 g/mol. The molecule has 0 spiro atoms. The number of nitrogens with zero attached hydrogens (tertiary/aromatic N) is 1. The summed E-state index contributed by atoms with van der Waals surface area (Å²) in [6.07, 6.45) is 1.29. The lowest BCUT2D eigenvalue weighted by molar-refractivity contribution is -0.132. The van der Waals surface area contributed by atoms with Crippen LogP contribution in [0.4, 0.5) is 5.00 Å². The van der Waals surface area contributed by atoms with Gasteiger partial charge in [0, 0.05) is 6.92 Å². The molecule has 0 unspecified atom stereocenters. The first kappa shape index (κ1) is 25.1. The summed E-state index contributed by atoms with van der Waals surface area (Å²) in [5, 5.41) is 12.0. The average Bonchev–Trinajstić information content (AvgIpc) is 3.08. The molecule has 1 aromatic heterocycles. The second-order valence-electron chi connectivity index (χ2n) is 6.47. The molecule has 10 nitrogen and oxygen atoms in total. The molecule has 11 heteroatoms. The smallest absolute Gasteiger partial charge is 0.341 e. The third kappa shape index (κ3) is 5.96. The van der Waals surface area contributed by atoms with E-state index in [1.54, 1.807) is 13.0 Å². The lowest BCUT2D eigenvalue weighted by Gasteiger charge is -2.10. The molecule has 33 heavy (non-hydrogen) atoms. The summed E-state index contributed by atoms with van der Waals surface area (Å²) < 4.78 is 15.3. The molecule has 2 rings (SSSR count). The van der Waals surface area contributed by atoms with Crippen molar-refractivity contribution in [3.05, 3.63) is 45.3 Å². The molecule has 0 fully saturated rings. The molecule has 0 aliphatic carbocycles. The van der Waals surface area contributed by atoms with Gasteiger partial charge < -0.3 is 25.3 Å². The Hall–Kier alpha value is -4.17. The summed E-state index contributed by atoms with van der Waals surface area (Å²) in [6.45, 7) is 4.79. The van der Waals surface area contributed by atoms with Crippen LogP contribution in [0.1, 0.15) is 45.0 Å². The molecule has 0 atom stereocenters. The van der Waals surface area contributed by atoms with Crippen molar-refractivity contribution in [1.29, 1.82) is 5.26 Å². The van der Waals surface area contributed by atoms with Gasteiger partial charge in [0.2, 0.25) is 0 Å². The van der Waals surface area contributed by atoms with E-state index >= 15 is 0 Å². The van der Waals surface area contributed by atoms with Crippen molar-refractivity contribution in [2.24, 2.45) is 5.73 Å². The number of hydrogen-bond acceptors (Lipinski definition) is 9. The summed E-state index contributed by atoms with van der Waals surface area (Å²) >= 11 is 0.805. The Bertz CT molecular complexity index is 1190. The first-order valence-corrected chi connectivity index (χ1v) is 10.3. The second-order valence-corrected chi connectivity index (χ2v) is 7.49. The summed E-state index contributed by atoms with van der Waals surface area (Å²) in [6, 6.07) is 6.31. The van der Waals surface area contributed by atoms with E-state index < -0.39 is 23.8 Å². The molecular weight excluding hydrogens is 450 g/mol. The van der Waals surface area contributed by atoms with Gasteiger partial charge in [-0.1, -0.05) is 6.07 Å². The van der Waals surface area contributed by atoms with Crippen molar-refractivity contribution in [3.63, 3.8) is 0 Å². The third-order valence-electron chi connectivity index (χ3n) is 4.18. The van der Waals surface area contributed by atoms with Gasteiger partial charge in [-0.2, -0.15) is 5.26 Å². The van der Waals surface area contributed by atoms with Gasteiger partial charge in [0.15, 0.2) is 11.5 Å². The number of primary amides is 1. The minimum absolute atomic E-state index is 0.0219. The highest BCUT2D eigenvalue weighted by Gasteiger charge is 2.26. The number of benzene rings is 1. The van der Waals surface area contributed by atoms with Crippen LogP contribution in [-0.2, 0) is 14.3 Å². The van der Waals surface area contributed by atoms with Crippen molar-refractivity contribution in [1.82, 2.24) is 0 Å². The van der Waals surface area contributed by atoms with Crippen LogP contribution >= 0.6 is 11.3 Å². The fraction of sp³-hybridized carbons (Fsp3) is 0.227. The zero-order valence-corrected chi connectivity index (χ0v) is 19.1. The summed E-state index contributed by atoms with van der Waals surface area (Å²) in [4.78, 5) is 47.9. The van der Waals surface area contributed by atoms with E-state index in [1.165, 1.54) is 38.1 Å². The number of rotatable bonds is 8. The van der Waals surface area contributed by atoms with E-state index in [-0.39, 0.29) is 38.1 Å². The molecule has 2 amide bonds. The van der Waals surface area contributed by atoms with Crippen molar-refractivity contribution < 1.29 is 33.4 Å². The van der Waals surface area contributed by atoms with Gasteiger partial charge in [-0.15, -0.1) is 11.3 Å². The topological polar surface area (TPSA) is 158 Å². The monoisotopic (exact) mass is 471 g/mol. The molecule has 2 aromatic rings. The van der Waals surface area contributed by atoms with Gasteiger partial charge in [-0.05, 0) is 43.2 Å². The number of hydrogen-bond donors (Lipinski definition) is 2. The predicted molar refractivity (Wildman–Crippen MR) is 120 cm³/mol. The maximum Gasteiger partial charge on any atom is 0.341 e. The van der Waals surface area contributed by atoms with E-state index in [4.69, 9.17) is 19.9 Å². The number of anilines is 1. The Balaban J connectivity index is 2.42. The number of methoxy groups -OCH3 is 1. The number of carbonyl (C=O) groups is 4. The molecule has 0 aliphatic heterocycles. The van der Waals surface area contributed by atoms with Crippen LogP contribution < -0.4 is 20.5 Å². The number of carbonyl (C=O) groups excluding carboxylic acids is 4. The van der Waals surface area contributed by atoms with Crippen molar-refractivity contribution in [2.45, 2.75) is 20.8 Å². The molecule has 0 saturated heterocycles. The summed E-state index contributed by atoms with van der Waals surface area (Å²) in [7, 11) is 1.16. The van der Waals surface area contributed by atoms with E-state index in [2.05, 4.69) is 5.32 Å². The number of thiophene rings is 1. The van der Waals surface area contributed by atoms with Crippen LogP contribution in [0, 0.1) is 18.3 Å². The SMILES string of the molecule is CCOc1cc(C=C(C#N)C(=O)Nc2sc(C(N)=O)c(C)c2C(=O)OC)ccc1OC(C)=O. The van der Waals surface area contributed by atoms with Crippen LogP contribution in [0.5, 0.6) is 11.5 Å². The standard InChI is InChI=1S/C22H21N3O7S/c1-5-31-16-9-13(6-7-15(16)32-12(3)26)8-14(10-23)20(28)25-21-17(22(29)30-4)11(2)18(33-21)19(24)27/h6-9H,5H2,1-4H3,(H2,24,27)(H,25,28). The van der Waals surface area contributed by atoms with Gasteiger partial charge >= 0.3 is 11.9 Å². The molecule has 3 N–H and O–H groups in total. The van der Waals surface area contributed by atoms with Gasteiger partial charge in [0.05, 0.1) is 24.2 Å². The van der Waals surface area contributed by atoms with E-state index in [1.807, 2.05) is 0 Å². The molecule has 0 radical (unpaired) electrons.